The van der Waals surface area contributed by atoms with Gasteiger partial charge in [-0.15, -0.1) is 5.10 Å². The van der Waals surface area contributed by atoms with E-state index in [9.17, 15) is 9.59 Å². The smallest absolute Gasteiger partial charge is 0.246 e. The van der Waals surface area contributed by atoms with Crippen molar-refractivity contribution in [1.29, 1.82) is 0 Å². The quantitative estimate of drug-likeness (QED) is 0.795. The molecule has 1 unspecified atom stereocenters. The summed E-state index contributed by atoms with van der Waals surface area (Å²) in [6.45, 7) is 2.97. The first-order chi connectivity index (χ1) is 13.7. The lowest BCUT2D eigenvalue weighted by Gasteiger charge is -2.24. The Bertz CT molecular complexity index is 815. The third kappa shape index (κ3) is 4.32. The maximum absolute atomic E-state index is 12.6. The number of aromatic nitrogens is 3. The molecule has 1 aromatic heterocycles. The highest BCUT2D eigenvalue weighted by Gasteiger charge is 2.34. The number of amides is 2. The molecular formula is C20H26N6O2. The van der Waals surface area contributed by atoms with Crippen LogP contribution in [-0.2, 0) is 16.0 Å². The molecule has 2 aliphatic rings. The van der Waals surface area contributed by atoms with Crippen molar-refractivity contribution in [1.82, 2.24) is 20.1 Å². The number of piperidine rings is 1. The van der Waals surface area contributed by atoms with Crippen LogP contribution in [0.3, 0.4) is 0 Å². The van der Waals surface area contributed by atoms with Gasteiger partial charge in [-0.2, -0.15) is 4.98 Å². The number of carbonyl (C=O) groups excluding carboxylic acids is 2. The van der Waals surface area contributed by atoms with Gasteiger partial charge < -0.3 is 9.80 Å². The van der Waals surface area contributed by atoms with Gasteiger partial charge in [-0.05, 0) is 31.2 Å². The van der Waals surface area contributed by atoms with Gasteiger partial charge >= 0.3 is 0 Å². The number of hydrogen-bond donors (Lipinski definition) is 2. The van der Waals surface area contributed by atoms with Crippen molar-refractivity contribution in [2.45, 2.75) is 32.1 Å². The van der Waals surface area contributed by atoms with E-state index in [4.69, 9.17) is 0 Å². The molecule has 148 valence electrons. The van der Waals surface area contributed by atoms with Crippen LogP contribution >= 0.6 is 0 Å². The van der Waals surface area contributed by atoms with E-state index in [-0.39, 0.29) is 24.2 Å². The van der Waals surface area contributed by atoms with Crippen molar-refractivity contribution >= 4 is 23.7 Å². The maximum Gasteiger partial charge on any atom is 0.246 e. The summed E-state index contributed by atoms with van der Waals surface area (Å²) in [4.78, 5) is 33.1. The Hall–Kier alpha value is -2.90. The number of rotatable bonds is 6. The predicted molar refractivity (Wildman–Crippen MR) is 106 cm³/mol. The van der Waals surface area contributed by atoms with Gasteiger partial charge in [0.2, 0.25) is 23.7 Å². The van der Waals surface area contributed by atoms with E-state index in [0.717, 1.165) is 32.4 Å². The molecule has 2 saturated heterocycles. The summed E-state index contributed by atoms with van der Waals surface area (Å²) in [5.74, 6) is 0.467. The van der Waals surface area contributed by atoms with Gasteiger partial charge in [0, 0.05) is 32.6 Å². The van der Waals surface area contributed by atoms with Crippen LogP contribution in [0.5, 0.6) is 0 Å². The second kappa shape index (κ2) is 8.41. The predicted octanol–water partition coefficient (Wildman–Crippen LogP) is 1.82. The van der Waals surface area contributed by atoms with Crippen LogP contribution in [0.4, 0.5) is 11.9 Å². The molecule has 8 nitrogen and oxygen atoms in total. The van der Waals surface area contributed by atoms with Gasteiger partial charge in [0.1, 0.15) is 0 Å². The fourth-order valence-corrected chi connectivity index (χ4v) is 3.84. The van der Waals surface area contributed by atoms with Gasteiger partial charge in [-0.25, -0.2) is 5.10 Å². The third-order valence-corrected chi connectivity index (χ3v) is 5.45. The Kier molecular flexibility index (Phi) is 5.55. The topological polar surface area (TPSA) is 94.2 Å². The molecule has 2 N–H and O–H groups in total. The van der Waals surface area contributed by atoms with Crippen molar-refractivity contribution in [2.24, 2.45) is 5.92 Å². The number of anilines is 2. The van der Waals surface area contributed by atoms with Crippen LogP contribution in [0.2, 0.25) is 0 Å². The maximum atomic E-state index is 12.6. The zero-order valence-electron chi connectivity index (χ0n) is 15.9. The van der Waals surface area contributed by atoms with E-state index in [2.05, 4.69) is 37.5 Å². The van der Waals surface area contributed by atoms with E-state index in [1.807, 2.05) is 18.2 Å². The molecule has 3 heterocycles. The molecule has 0 bridgehead atoms. The zero-order valence-corrected chi connectivity index (χ0v) is 15.9. The SMILES string of the molecule is O=C(Nc1nc(N2CCCCC2)n[nH]1)C1CC(=O)N(CCc2ccccc2)C1. The fraction of sp³-hybridized carbons (Fsp3) is 0.500. The molecule has 2 amide bonds. The monoisotopic (exact) mass is 382 g/mol. The highest BCUT2D eigenvalue weighted by molar-refractivity contribution is 5.96. The van der Waals surface area contributed by atoms with Crippen LogP contribution < -0.4 is 10.2 Å². The minimum Gasteiger partial charge on any atom is -0.342 e. The summed E-state index contributed by atoms with van der Waals surface area (Å²) in [6, 6.07) is 10.1. The number of likely N-dealkylation sites (tertiary alicyclic amines) is 1. The molecule has 0 aliphatic carbocycles. The number of carbonyl (C=O) groups is 2. The number of benzene rings is 1. The van der Waals surface area contributed by atoms with Crippen LogP contribution in [0, 0.1) is 5.92 Å². The molecule has 0 saturated carbocycles. The molecule has 1 atom stereocenters. The number of aromatic amines is 1. The standard InChI is InChI=1S/C20H26N6O2/c27-17-13-16(14-26(17)12-9-15-7-3-1-4-8-15)18(28)21-19-22-20(24-23-19)25-10-5-2-6-11-25/h1,3-4,7-8,16H,2,5-6,9-14H2,(H2,21,22,23,24,28). The van der Waals surface area contributed by atoms with Gasteiger partial charge in [0.15, 0.2) is 0 Å². The number of H-pyrrole nitrogens is 1. The second-order valence-electron chi connectivity index (χ2n) is 7.50. The lowest BCUT2D eigenvalue weighted by atomic mass is 10.1. The number of nitrogens with zero attached hydrogens (tertiary/aromatic N) is 4. The largest absolute Gasteiger partial charge is 0.342 e. The van der Waals surface area contributed by atoms with Gasteiger partial charge in [0.05, 0.1) is 5.92 Å². The lowest BCUT2D eigenvalue weighted by Crippen LogP contribution is -2.30. The Morgan fingerprint density at radius 1 is 1.18 bits per heavy atom. The zero-order chi connectivity index (χ0) is 19.3. The van der Waals surface area contributed by atoms with Crippen LogP contribution in [0.1, 0.15) is 31.2 Å². The number of hydrogen-bond acceptors (Lipinski definition) is 5. The van der Waals surface area contributed by atoms with Crippen molar-refractivity contribution in [3.05, 3.63) is 35.9 Å². The molecule has 4 rings (SSSR count). The second-order valence-corrected chi connectivity index (χ2v) is 7.50. The van der Waals surface area contributed by atoms with Crippen LogP contribution in [0.25, 0.3) is 0 Å². The molecular weight excluding hydrogens is 356 g/mol. The van der Waals surface area contributed by atoms with Crippen LogP contribution in [0.15, 0.2) is 30.3 Å². The van der Waals surface area contributed by atoms with E-state index < -0.39 is 0 Å². The highest BCUT2D eigenvalue weighted by atomic mass is 16.2. The fourth-order valence-electron chi connectivity index (χ4n) is 3.84. The summed E-state index contributed by atoms with van der Waals surface area (Å²) < 4.78 is 0. The Morgan fingerprint density at radius 3 is 2.75 bits per heavy atom. The first kappa shape index (κ1) is 18.5. The van der Waals surface area contributed by atoms with Crippen molar-refractivity contribution < 1.29 is 9.59 Å². The summed E-state index contributed by atoms with van der Waals surface area (Å²) in [6.07, 6.45) is 4.55. The van der Waals surface area contributed by atoms with E-state index in [0.29, 0.717) is 25.0 Å². The Labute approximate surface area is 164 Å². The van der Waals surface area contributed by atoms with Crippen LogP contribution in [-0.4, -0.2) is 58.1 Å². The van der Waals surface area contributed by atoms with Crippen molar-refractivity contribution in [2.75, 3.05) is 36.4 Å². The molecule has 1 aromatic carbocycles. The number of nitrogens with one attached hydrogen (secondary N) is 2. The average Bonchev–Trinajstić information content (AvgIpc) is 3.34. The summed E-state index contributed by atoms with van der Waals surface area (Å²) in [5, 5.41) is 9.79. The van der Waals surface area contributed by atoms with Crippen molar-refractivity contribution in [3.63, 3.8) is 0 Å². The molecule has 2 fully saturated rings. The minimum absolute atomic E-state index is 0.0302. The molecule has 2 aromatic rings. The molecule has 2 aliphatic heterocycles. The average molecular weight is 382 g/mol. The highest BCUT2D eigenvalue weighted by Crippen LogP contribution is 2.21. The first-order valence-electron chi connectivity index (χ1n) is 9.99. The Morgan fingerprint density at radius 2 is 1.96 bits per heavy atom. The molecule has 28 heavy (non-hydrogen) atoms. The molecule has 0 radical (unpaired) electrons. The molecule has 0 spiro atoms. The van der Waals surface area contributed by atoms with E-state index in [1.54, 1.807) is 4.90 Å². The summed E-state index contributed by atoms with van der Waals surface area (Å²) in [7, 11) is 0. The normalized spacial score (nSPS) is 19.9. The third-order valence-electron chi connectivity index (χ3n) is 5.45. The van der Waals surface area contributed by atoms with E-state index >= 15 is 0 Å². The summed E-state index contributed by atoms with van der Waals surface area (Å²) >= 11 is 0. The van der Waals surface area contributed by atoms with Gasteiger partial charge in [0.25, 0.3) is 0 Å². The van der Waals surface area contributed by atoms with Crippen molar-refractivity contribution in [3.8, 4) is 0 Å². The Balaban J connectivity index is 1.29. The summed E-state index contributed by atoms with van der Waals surface area (Å²) in [5.41, 5.74) is 1.19. The van der Waals surface area contributed by atoms with Gasteiger partial charge in [-0.1, -0.05) is 30.3 Å². The first-order valence-corrected chi connectivity index (χ1v) is 9.99. The van der Waals surface area contributed by atoms with E-state index in [1.165, 1.54) is 12.0 Å². The van der Waals surface area contributed by atoms with Gasteiger partial charge in [-0.3, -0.25) is 14.9 Å². The lowest BCUT2D eigenvalue weighted by molar-refractivity contribution is -0.128. The minimum atomic E-state index is -0.355. The molecule has 8 heteroatoms.